The van der Waals surface area contributed by atoms with Gasteiger partial charge in [-0.15, -0.1) is 11.3 Å². The second-order valence-corrected chi connectivity index (χ2v) is 9.88. The Morgan fingerprint density at radius 3 is 2.34 bits per heavy atom. The van der Waals surface area contributed by atoms with Gasteiger partial charge in [-0.05, 0) is 30.3 Å². The Kier molecular flexibility index (Phi) is 6.92. The molecule has 1 aromatic heterocycles. The van der Waals surface area contributed by atoms with Crippen molar-refractivity contribution < 1.29 is 22.7 Å². The second-order valence-electron chi connectivity index (χ2n) is 6.90. The summed E-state index contributed by atoms with van der Waals surface area (Å²) in [6.45, 7) is 1.44. The highest BCUT2D eigenvalue weighted by Gasteiger charge is 2.24. The van der Waals surface area contributed by atoms with E-state index in [1.807, 2.05) is 12.1 Å². The van der Waals surface area contributed by atoms with E-state index in [0.29, 0.717) is 16.5 Å². The Labute approximate surface area is 190 Å². The maximum atomic E-state index is 12.7. The lowest BCUT2D eigenvalue weighted by Gasteiger charge is -2.15. The standard InChI is InChI=1S/C21H22N4O5S2/c1-13(26)22-16-8-5-14(6-9-16)17-12-31-21(23-17)24-20(27)15-7-10-18(30-4)19(11-15)32(28,29)25(2)3/h5-12H,1-4H3,(H,22,26)(H,23,24,27). The summed E-state index contributed by atoms with van der Waals surface area (Å²) in [4.78, 5) is 28.2. The van der Waals surface area contributed by atoms with Crippen LogP contribution in [-0.2, 0) is 14.8 Å². The summed E-state index contributed by atoms with van der Waals surface area (Å²) < 4.78 is 31.3. The van der Waals surface area contributed by atoms with E-state index >= 15 is 0 Å². The van der Waals surface area contributed by atoms with Crippen LogP contribution in [0.1, 0.15) is 17.3 Å². The molecule has 2 N–H and O–H groups in total. The van der Waals surface area contributed by atoms with Gasteiger partial charge in [-0.2, -0.15) is 0 Å². The summed E-state index contributed by atoms with van der Waals surface area (Å²) in [5.74, 6) is -0.504. The van der Waals surface area contributed by atoms with Gasteiger partial charge in [-0.25, -0.2) is 17.7 Å². The minimum atomic E-state index is -3.80. The SMILES string of the molecule is COc1ccc(C(=O)Nc2nc(-c3ccc(NC(C)=O)cc3)cs2)cc1S(=O)(=O)N(C)C. The van der Waals surface area contributed by atoms with Crippen molar-refractivity contribution in [3.8, 4) is 17.0 Å². The third-order valence-corrected chi connectivity index (χ3v) is 7.00. The van der Waals surface area contributed by atoms with E-state index in [2.05, 4.69) is 15.6 Å². The first-order valence-corrected chi connectivity index (χ1v) is 11.7. The molecule has 0 bridgehead atoms. The lowest BCUT2D eigenvalue weighted by molar-refractivity contribution is -0.114. The number of nitrogens with zero attached hydrogens (tertiary/aromatic N) is 2. The maximum absolute atomic E-state index is 12.7. The van der Waals surface area contributed by atoms with Crippen molar-refractivity contribution in [3.63, 3.8) is 0 Å². The van der Waals surface area contributed by atoms with Crippen LogP contribution in [0.2, 0.25) is 0 Å². The molecule has 0 saturated carbocycles. The lowest BCUT2D eigenvalue weighted by atomic mass is 10.1. The number of methoxy groups -OCH3 is 1. The third kappa shape index (κ3) is 5.13. The van der Waals surface area contributed by atoms with Crippen LogP contribution in [0.5, 0.6) is 5.75 Å². The molecule has 0 aliphatic rings. The topological polar surface area (TPSA) is 118 Å². The van der Waals surface area contributed by atoms with Gasteiger partial charge in [0.1, 0.15) is 10.6 Å². The second kappa shape index (κ2) is 9.47. The predicted octanol–water partition coefficient (Wildman–Crippen LogP) is 3.28. The number of anilines is 2. The molecule has 0 radical (unpaired) electrons. The molecule has 0 saturated heterocycles. The number of benzene rings is 2. The molecule has 0 fully saturated rings. The zero-order valence-electron chi connectivity index (χ0n) is 17.9. The van der Waals surface area contributed by atoms with Crippen molar-refractivity contribution in [3.05, 3.63) is 53.4 Å². The number of thiazole rings is 1. The van der Waals surface area contributed by atoms with Gasteiger partial charge in [0.25, 0.3) is 5.91 Å². The van der Waals surface area contributed by atoms with Gasteiger partial charge in [-0.1, -0.05) is 12.1 Å². The van der Waals surface area contributed by atoms with Crippen LogP contribution in [0.25, 0.3) is 11.3 Å². The molecule has 0 aliphatic heterocycles. The molecular formula is C21H22N4O5S2. The van der Waals surface area contributed by atoms with Crippen LogP contribution in [0.4, 0.5) is 10.8 Å². The number of hydrogen-bond donors (Lipinski definition) is 2. The molecule has 9 nitrogen and oxygen atoms in total. The first kappa shape index (κ1) is 23.4. The summed E-state index contributed by atoms with van der Waals surface area (Å²) in [6, 6.07) is 11.4. The van der Waals surface area contributed by atoms with Crippen LogP contribution < -0.4 is 15.4 Å². The molecule has 0 spiro atoms. The van der Waals surface area contributed by atoms with Crippen LogP contribution in [-0.4, -0.2) is 50.7 Å². The zero-order chi connectivity index (χ0) is 23.5. The van der Waals surface area contributed by atoms with Gasteiger partial charge in [-0.3, -0.25) is 14.9 Å². The molecule has 32 heavy (non-hydrogen) atoms. The average Bonchev–Trinajstić information content (AvgIpc) is 3.21. The van der Waals surface area contributed by atoms with Crippen molar-refractivity contribution in [1.29, 1.82) is 0 Å². The molecule has 2 aromatic carbocycles. The summed E-state index contributed by atoms with van der Waals surface area (Å²) in [5, 5.41) is 7.54. The summed E-state index contributed by atoms with van der Waals surface area (Å²) in [5.41, 5.74) is 2.31. The molecular weight excluding hydrogens is 452 g/mol. The highest BCUT2D eigenvalue weighted by Crippen LogP contribution is 2.29. The van der Waals surface area contributed by atoms with Crippen molar-refractivity contribution in [2.45, 2.75) is 11.8 Å². The molecule has 11 heteroatoms. The first-order chi connectivity index (χ1) is 15.1. The van der Waals surface area contributed by atoms with Crippen molar-refractivity contribution >= 4 is 44.0 Å². The number of rotatable bonds is 7. The fourth-order valence-corrected chi connectivity index (χ4v) is 4.57. The summed E-state index contributed by atoms with van der Waals surface area (Å²) >= 11 is 1.24. The van der Waals surface area contributed by atoms with Crippen LogP contribution in [0.15, 0.2) is 52.7 Å². The number of amides is 2. The monoisotopic (exact) mass is 474 g/mol. The van der Waals surface area contributed by atoms with Crippen LogP contribution in [0, 0.1) is 0 Å². The van der Waals surface area contributed by atoms with Gasteiger partial charge in [0.2, 0.25) is 15.9 Å². The number of ether oxygens (including phenoxy) is 1. The van der Waals surface area contributed by atoms with E-state index in [1.54, 1.807) is 17.5 Å². The maximum Gasteiger partial charge on any atom is 0.257 e. The molecule has 168 valence electrons. The van der Waals surface area contributed by atoms with Crippen molar-refractivity contribution in [2.75, 3.05) is 31.8 Å². The quantitative estimate of drug-likeness (QED) is 0.543. The van der Waals surface area contributed by atoms with Crippen LogP contribution in [0.3, 0.4) is 0 Å². The van der Waals surface area contributed by atoms with Crippen molar-refractivity contribution in [2.24, 2.45) is 0 Å². The Balaban J connectivity index is 1.80. The Bertz CT molecular complexity index is 1250. The number of hydrogen-bond acceptors (Lipinski definition) is 7. The van der Waals surface area contributed by atoms with Crippen molar-refractivity contribution in [1.82, 2.24) is 9.29 Å². The normalized spacial score (nSPS) is 11.3. The number of carbonyl (C=O) groups is 2. The third-order valence-electron chi connectivity index (χ3n) is 4.41. The lowest BCUT2D eigenvalue weighted by Crippen LogP contribution is -2.23. The van der Waals surface area contributed by atoms with Gasteiger partial charge < -0.3 is 10.1 Å². The minimum Gasteiger partial charge on any atom is -0.495 e. The molecule has 0 atom stereocenters. The number of sulfonamides is 1. The van der Waals surface area contributed by atoms with Gasteiger partial charge >= 0.3 is 0 Å². The number of carbonyl (C=O) groups excluding carboxylic acids is 2. The van der Waals surface area contributed by atoms with Crippen LogP contribution >= 0.6 is 11.3 Å². The smallest absolute Gasteiger partial charge is 0.257 e. The van der Waals surface area contributed by atoms with E-state index in [1.165, 1.54) is 57.7 Å². The molecule has 3 rings (SSSR count). The molecule has 0 unspecified atom stereocenters. The first-order valence-electron chi connectivity index (χ1n) is 9.37. The molecule has 3 aromatic rings. The van der Waals surface area contributed by atoms with E-state index in [-0.39, 0.29) is 22.1 Å². The summed E-state index contributed by atoms with van der Waals surface area (Å²) in [7, 11) is 0.370. The Morgan fingerprint density at radius 1 is 1.06 bits per heavy atom. The zero-order valence-corrected chi connectivity index (χ0v) is 19.5. The highest BCUT2D eigenvalue weighted by atomic mass is 32.2. The Morgan fingerprint density at radius 2 is 1.75 bits per heavy atom. The minimum absolute atomic E-state index is 0.100. The summed E-state index contributed by atoms with van der Waals surface area (Å²) in [6.07, 6.45) is 0. The fourth-order valence-electron chi connectivity index (χ4n) is 2.78. The van der Waals surface area contributed by atoms with Gasteiger partial charge in [0, 0.05) is 43.2 Å². The molecule has 0 aliphatic carbocycles. The van der Waals surface area contributed by atoms with Gasteiger partial charge in [0.05, 0.1) is 12.8 Å². The highest BCUT2D eigenvalue weighted by molar-refractivity contribution is 7.89. The Hall–Kier alpha value is -3.28. The van der Waals surface area contributed by atoms with E-state index in [9.17, 15) is 18.0 Å². The van der Waals surface area contributed by atoms with E-state index in [0.717, 1.165) is 9.87 Å². The number of aromatic nitrogens is 1. The molecule has 2 amide bonds. The van der Waals surface area contributed by atoms with Gasteiger partial charge in [0.15, 0.2) is 5.13 Å². The largest absolute Gasteiger partial charge is 0.495 e. The number of nitrogens with one attached hydrogen (secondary N) is 2. The predicted molar refractivity (Wildman–Crippen MR) is 124 cm³/mol. The van der Waals surface area contributed by atoms with E-state index < -0.39 is 15.9 Å². The fraction of sp³-hybridized carbons (Fsp3) is 0.190. The molecule has 1 heterocycles. The average molecular weight is 475 g/mol. The van der Waals surface area contributed by atoms with E-state index in [4.69, 9.17) is 4.74 Å².